The Hall–Kier alpha value is -1.41. The van der Waals surface area contributed by atoms with Gasteiger partial charge in [0.05, 0.1) is 5.70 Å². The molecule has 3 nitrogen and oxygen atoms in total. The van der Waals surface area contributed by atoms with Crippen LogP contribution in [0, 0.1) is 0 Å². The van der Waals surface area contributed by atoms with Crippen molar-refractivity contribution in [3.05, 3.63) is 46.7 Å². The molecule has 0 fully saturated rings. The Bertz CT molecular complexity index is 518. The topological polar surface area (TPSA) is 32.3 Å². The molecule has 110 valence electrons. The van der Waals surface area contributed by atoms with Crippen LogP contribution in [0.4, 0.5) is 4.39 Å². The van der Waals surface area contributed by atoms with Gasteiger partial charge in [0, 0.05) is 18.3 Å². The molecule has 0 aliphatic carbocycles. The van der Waals surface area contributed by atoms with Gasteiger partial charge in [-0.2, -0.15) is 0 Å². The molecule has 20 heavy (non-hydrogen) atoms. The van der Waals surface area contributed by atoms with Crippen LogP contribution in [0.5, 0.6) is 0 Å². The predicted molar refractivity (Wildman–Crippen MR) is 84.0 cm³/mol. The van der Waals surface area contributed by atoms with E-state index in [1.807, 2.05) is 18.5 Å². The van der Waals surface area contributed by atoms with Crippen molar-refractivity contribution >= 4 is 15.3 Å². The summed E-state index contributed by atoms with van der Waals surface area (Å²) in [4.78, 5) is 11.2. The lowest BCUT2D eigenvalue weighted by molar-refractivity contribution is -0.118. The van der Waals surface area contributed by atoms with Gasteiger partial charge in [-0.25, -0.2) is 4.39 Å². The number of allylic oxidation sites excluding steroid dienone is 7. The highest BCUT2D eigenvalue weighted by atomic mass is 31.0. The Morgan fingerprint density at radius 3 is 2.65 bits per heavy atom. The van der Waals surface area contributed by atoms with E-state index in [0.29, 0.717) is 6.42 Å². The molecule has 1 amide bonds. The van der Waals surface area contributed by atoms with Gasteiger partial charge >= 0.3 is 0 Å². The molecule has 1 aliphatic heterocycles. The summed E-state index contributed by atoms with van der Waals surface area (Å²) in [6, 6.07) is 0. The lowest BCUT2D eigenvalue weighted by Crippen LogP contribution is -2.20. The molecular weight excluding hydrogens is 274 g/mol. The van der Waals surface area contributed by atoms with Gasteiger partial charge in [0.2, 0.25) is 5.91 Å². The molecule has 1 aliphatic rings. The highest BCUT2D eigenvalue weighted by Crippen LogP contribution is 2.25. The summed E-state index contributed by atoms with van der Waals surface area (Å²) in [7, 11) is 2.63. The van der Waals surface area contributed by atoms with E-state index >= 15 is 0 Å². The molecule has 5 heteroatoms. The Balaban J connectivity index is 3.32. The summed E-state index contributed by atoms with van der Waals surface area (Å²) < 4.78 is 16.1. The van der Waals surface area contributed by atoms with Gasteiger partial charge in [0.1, 0.15) is 5.83 Å². The van der Waals surface area contributed by atoms with E-state index in [-0.39, 0.29) is 11.6 Å². The monoisotopic (exact) mass is 296 g/mol. The fourth-order valence-electron chi connectivity index (χ4n) is 1.90. The first-order chi connectivity index (χ1) is 9.35. The molecule has 0 radical (unpaired) electrons. The number of halogens is 1. The zero-order chi connectivity index (χ0) is 15.3. The molecule has 1 rings (SSSR count). The average molecular weight is 296 g/mol. The zero-order valence-electron chi connectivity index (χ0n) is 12.5. The summed E-state index contributed by atoms with van der Waals surface area (Å²) >= 11 is 0. The first-order valence-corrected chi connectivity index (χ1v) is 7.13. The largest absolute Gasteiger partial charge is 0.334 e. The summed E-state index contributed by atoms with van der Waals surface area (Å²) in [6.07, 6.45) is 6.76. The number of rotatable bonds is 2. The van der Waals surface area contributed by atoms with Crippen LogP contribution in [0.25, 0.3) is 0 Å². The second-order valence-electron chi connectivity index (χ2n) is 4.84. The van der Waals surface area contributed by atoms with Crippen molar-refractivity contribution in [2.24, 2.45) is 0 Å². The maximum atomic E-state index is 14.2. The smallest absolute Gasteiger partial charge is 0.221 e. The van der Waals surface area contributed by atoms with Gasteiger partial charge in [-0.3, -0.25) is 4.79 Å². The molecule has 0 spiro atoms. The van der Waals surface area contributed by atoms with E-state index in [4.69, 9.17) is 0 Å². The molecule has 1 atom stereocenters. The number of hydrogen-bond acceptors (Lipinski definition) is 2. The van der Waals surface area contributed by atoms with Gasteiger partial charge < -0.3 is 9.99 Å². The third-order valence-corrected chi connectivity index (χ3v) is 3.74. The molecule has 0 saturated heterocycles. The van der Waals surface area contributed by atoms with Crippen molar-refractivity contribution in [1.82, 2.24) is 9.99 Å². The Labute approximate surface area is 122 Å². The number of carbonyl (C=O) groups excluding carboxylic acids is 1. The van der Waals surface area contributed by atoms with Gasteiger partial charge in [-0.1, -0.05) is 18.6 Å². The summed E-state index contributed by atoms with van der Waals surface area (Å²) in [6.45, 7) is 7.20. The van der Waals surface area contributed by atoms with Gasteiger partial charge in [0.25, 0.3) is 0 Å². The maximum absolute atomic E-state index is 14.2. The molecule has 1 heterocycles. The molecule has 0 aromatic carbocycles. The number of nitrogens with one attached hydrogen (secondary N) is 1. The van der Waals surface area contributed by atoms with E-state index in [1.54, 1.807) is 6.08 Å². The molecular formula is C15H22FN2OP. The van der Waals surface area contributed by atoms with Crippen molar-refractivity contribution in [2.45, 2.75) is 40.5 Å². The number of hydrogen-bond donors (Lipinski definition) is 1. The van der Waals surface area contributed by atoms with E-state index in [1.165, 1.54) is 13.0 Å². The predicted octanol–water partition coefficient (Wildman–Crippen LogP) is 3.94. The molecule has 0 bridgehead atoms. The van der Waals surface area contributed by atoms with E-state index in [0.717, 1.165) is 23.4 Å². The van der Waals surface area contributed by atoms with Crippen LogP contribution < -0.4 is 5.32 Å². The lowest BCUT2D eigenvalue weighted by Gasteiger charge is -2.23. The minimum absolute atomic E-state index is 0.194. The van der Waals surface area contributed by atoms with Gasteiger partial charge in [-0.15, -0.1) is 0 Å². The van der Waals surface area contributed by atoms with Crippen LogP contribution >= 0.6 is 9.39 Å². The number of nitrogens with zero attached hydrogens (tertiary/aromatic N) is 1. The van der Waals surface area contributed by atoms with Crippen molar-refractivity contribution in [3.8, 4) is 0 Å². The lowest BCUT2D eigenvalue weighted by atomic mass is 10.1. The highest BCUT2D eigenvalue weighted by molar-refractivity contribution is 7.13. The minimum atomic E-state index is -0.427. The molecule has 0 saturated carbocycles. The fraction of sp³-hybridized carbons (Fsp3) is 0.400. The van der Waals surface area contributed by atoms with Crippen molar-refractivity contribution in [1.29, 1.82) is 0 Å². The van der Waals surface area contributed by atoms with Crippen LogP contribution in [0.2, 0.25) is 0 Å². The third-order valence-electron chi connectivity index (χ3n) is 3.01. The van der Waals surface area contributed by atoms with Crippen LogP contribution in [-0.2, 0) is 4.79 Å². The normalized spacial score (nSPS) is 28.7. The Morgan fingerprint density at radius 1 is 1.45 bits per heavy atom. The van der Waals surface area contributed by atoms with Gasteiger partial charge in [-0.05, 0) is 48.2 Å². The fourth-order valence-corrected chi connectivity index (χ4v) is 2.27. The molecule has 0 aromatic heterocycles. The van der Waals surface area contributed by atoms with Gasteiger partial charge in [0.15, 0.2) is 0 Å². The summed E-state index contributed by atoms with van der Waals surface area (Å²) in [5.41, 5.74) is 3.08. The maximum Gasteiger partial charge on any atom is 0.221 e. The molecule has 1 unspecified atom stereocenters. The van der Waals surface area contributed by atoms with Crippen LogP contribution in [0.15, 0.2) is 46.7 Å². The van der Waals surface area contributed by atoms with E-state index in [2.05, 4.69) is 27.7 Å². The number of carbonyl (C=O) groups is 1. The van der Waals surface area contributed by atoms with E-state index in [9.17, 15) is 9.18 Å². The number of amides is 1. The third kappa shape index (κ3) is 4.61. The van der Waals surface area contributed by atoms with Crippen molar-refractivity contribution in [3.63, 3.8) is 0 Å². The molecule has 0 aromatic rings. The average Bonchev–Trinajstić information content (AvgIpc) is 2.36. The van der Waals surface area contributed by atoms with Crippen LogP contribution in [-0.4, -0.2) is 10.6 Å². The van der Waals surface area contributed by atoms with E-state index < -0.39 is 5.83 Å². The summed E-state index contributed by atoms with van der Waals surface area (Å²) in [5, 5.41) is 2.54. The standard InChI is InChI=1S/C15H22FN2OP/c1-5-13-7-6-10(2)8-14(16)15(17-12(4)19)9-11(3)18(13)20/h7-9H,5-6,20H2,1-4H3,(H,17,19)/b10-8+,11-9+,13-7-,15-14-. The minimum Gasteiger partial charge on any atom is -0.334 e. The second kappa shape index (κ2) is 7.39. The zero-order valence-corrected chi connectivity index (χ0v) is 13.6. The van der Waals surface area contributed by atoms with Crippen molar-refractivity contribution < 1.29 is 9.18 Å². The quantitative estimate of drug-likeness (QED) is 0.783. The van der Waals surface area contributed by atoms with Crippen LogP contribution in [0.1, 0.15) is 40.5 Å². The Kier molecular flexibility index (Phi) is 6.15. The SMILES string of the molecule is CC/C1=C/C/C(C)=C/C(F)=C(NC(C)=O)\C=C(/C)N1P. The van der Waals surface area contributed by atoms with Crippen molar-refractivity contribution in [2.75, 3.05) is 0 Å². The second-order valence-corrected chi connectivity index (χ2v) is 5.36. The highest BCUT2D eigenvalue weighted by Gasteiger charge is 2.11. The first kappa shape index (κ1) is 16.6. The van der Waals surface area contributed by atoms with Crippen LogP contribution in [0.3, 0.4) is 0 Å². The molecule has 1 N–H and O–H groups in total. The first-order valence-electron chi connectivity index (χ1n) is 6.61. The Morgan fingerprint density at radius 2 is 2.10 bits per heavy atom. The summed E-state index contributed by atoms with van der Waals surface area (Å²) in [5.74, 6) is -0.715.